The van der Waals surface area contributed by atoms with Gasteiger partial charge in [0.2, 0.25) is 10.0 Å². The minimum atomic E-state index is -4.05. The molecule has 0 amide bonds. The van der Waals surface area contributed by atoms with E-state index in [2.05, 4.69) is 10.1 Å². The number of benzene rings is 2. The van der Waals surface area contributed by atoms with Crippen LogP contribution in [0.3, 0.4) is 0 Å². The van der Waals surface area contributed by atoms with Crippen LogP contribution in [0.1, 0.15) is 35.3 Å². The summed E-state index contributed by atoms with van der Waals surface area (Å²) in [5, 5.41) is 9.34. The van der Waals surface area contributed by atoms with Crippen molar-refractivity contribution in [2.75, 3.05) is 0 Å². The quantitative estimate of drug-likeness (QED) is 0.598. The summed E-state index contributed by atoms with van der Waals surface area (Å²) in [6.45, 7) is 5.02. The van der Waals surface area contributed by atoms with Crippen molar-refractivity contribution in [2.24, 2.45) is 5.14 Å². The van der Waals surface area contributed by atoms with Crippen LogP contribution in [0.5, 0.6) is 0 Å². The molecule has 0 atom stereocenters. The van der Waals surface area contributed by atoms with Crippen LogP contribution in [0.15, 0.2) is 41.3 Å². The average molecular weight is 432 g/mol. The molecule has 0 aliphatic carbocycles. The second kappa shape index (κ2) is 8.33. The van der Waals surface area contributed by atoms with E-state index in [-0.39, 0.29) is 23.0 Å². The van der Waals surface area contributed by atoms with Gasteiger partial charge in [-0.3, -0.25) is 4.79 Å². The number of esters is 1. The summed E-state index contributed by atoms with van der Waals surface area (Å²) in [7, 11) is -4.05. The zero-order valence-electron chi connectivity index (χ0n) is 16.7. The molecule has 0 saturated heterocycles. The van der Waals surface area contributed by atoms with Crippen molar-refractivity contribution in [3.8, 4) is 5.69 Å². The lowest BCUT2D eigenvalue weighted by Gasteiger charge is -2.11. The molecule has 1 aromatic heterocycles. The Hall–Kier alpha value is -3.11. The molecule has 2 N–H and O–H groups in total. The molecule has 158 valence electrons. The molecule has 0 fully saturated rings. The van der Waals surface area contributed by atoms with Gasteiger partial charge in [-0.2, -0.15) is 0 Å². The maximum absolute atomic E-state index is 14.8. The van der Waals surface area contributed by atoms with Crippen LogP contribution >= 0.6 is 0 Å². The van der Waals surface area contributed by atoms with Gasteiger partial charge in [0.25, 0.3) is 0 Å². The third-order valence-corrected chi connectivity index (χ3v) is 5.49. The van der Waals surface area contributed by atoms with E-state index in [4.69, 9.17) is 9.88 Å². The summed E-state index contributed by atoms with van der Waals surface area (Å²) < 4.78 is 44.0. The number of nitrogens with two attached hydrogens (primary N) is 1. The van der Waals surface area contributed by atoms with Crippen molar-refractivity contribution >= 4 is 16.0 Å². The number of ether oxygens (including phenoxy) is 1. The van der Waals surface area contributed by atoms with E-state index < -0.39 is 21.8 Å². The minimum Gasteiger partial charge on any atom is -0.458 e. The Bertz CT molecular complexity index is 1200. The number of carbonyl (C=O) groups is 1. The third kappa shape index (κ3) is 4.71. The Kier molecular flexibility index (Phi) is 5.99. The first-order valence-corrected chi connectivity index (χ1v) is 10.6. The molecule has 0 aliphatic rings. The lowest BCUT2D eigenvalue weighted by atomic mass is 10.00. The normalized spacial score (nSPS) is 11.5. The Morgan fingerprint density at radius 1 is 1.20 bits per heavy atom. The van der Waals surface area contributed by atoms with Gasteiger partial charge in [0.1, 0.15) is 17.3 Å². The van der Waals surface area contributed by atoms with Crippen LogP contribution in [-0.4, -0.2) is 29.2 Å². The number of aryl methyl sites for hydroxylation is 2. The topological polar surface area (TPSA) is 117 Å². The van der Waals surface area contributed by atoms with Crippen molar-refractivity contribution in [1.29, 1.82) is 0 Å². The number of aromatic nitrogens is 3. The fourth-order valence-corrected chi connectivity index (χ4v) is 3.57. The number of hydrogen-bond donors (Lipinski definition) is 1. The standard InChI is InChI=1S/C20H21FN4O4S/c1-12-5-4-6-13(2)16(12)10-20-23-19(11-29-14(3)26)24-25(20)18-8-7-15(9-17(18)21)30(22,27)28/h4-9H,10-11H2,1-3H3,(H2,22,27,28). The first kappa shape index (κ1) is 21.6. The molecule has 0 radical (unpaired) electrons. The van der Waals surface area contributed by atoms with Gasteiger partial charge >= 0.3 is 5.97 Å². The van der Waals surface area contributed by atoms with E-state index in [0.29, 0.717) is 12.2 Å². The van der Waals surface area contributed by atoms with E-state index >= 15 is 0 Å². The number of carbonyl (C=O) groups excluding carboxylic acids is 1. The third-order valence-electron chi connectivity index (χ3n) is 4.58. The van der Waals surface area contributed by atoms with E-state index in [9.17, 15) is 17.6 Å². The molecule has 0 unspecified atom stereocenters. The predicted molar refractivity (Wildman–Crippen MR) is 107 cm³/mol. The van der Waals surface area contributed by atoms with Crippen LogP contribution in [-0.2, 0) is 32.6 Å². The molecule has 3 aromatic rings. The molecule has 8 nitrogen and oxygen atoms in total. The SMILES string of the molecule is CC(=O)OCc1nc(Cc2c(C)cccc2C)n(-c2ccc(S(N)(=O)=O)cc2F)n1. The molecule has 1 heterocycles. The maximum Gasteiger partial charge on any atom is 0.303 e. The lowest BCUT2D eigenvalue weighted by Crippen LogP contribution is -2.13. The zero-order valence-corrected chi connectivity index (χ0v) is 17.5. The first-order chi connectivity index (χ1) is 14.1. The highest BCUT2D eigenvalue weighted by Crippen LogP contribution is 2.22. The number of sulfonamides is 1. The zero-order chi connectivity index (χ0) is 22.1. The smallest absolute Gasteiger partial charge is 0.303 e. The summed E-state index contributed by atoms with van der Waals surface area (Å²) in [4.78, 5) is 15.2. The van der Waals surface area contributed by atoms with Crippen LogP contribution < -0.4 is 5.14 Å². The summed E-state index contributed by atoms with van der Waals surface area (Å²) in [5.41, 5.74) is 3.09. The molecule has 10 heteroatoms. The van der Waals surface area contributed by atoms with Crippen molar-refractivity contribution in [1.82, 2.24) is 14.8 Å². The van der Waals surface area contributed by atoms with Crippen LogP contribution in [0, 0.1) is 19.7 Å². The molecular formula is C20H21FN4O4S. The molecular weight excluding hydrogens is 411 g/mol. The average Bonchev–Trinajstić information content (AvgIpc) is 3.05. The molecule has 30 heavy (non-hydrogen) atoms. The summed E-state index contributed by atoms with van der Waals surface area (Å²) in [6.07, 6.45) is 0.349. The van der Waals surface area contributed by atoms with E-state index in [1.54, 1.807) is 0 Å². The summed E-state index contributed by atoms with van der Waals surface area (Å²) >= 11 is 0. The number of nitrogens with zero attached hydrogens (tertiary/aromatic N) is 3. The van der Waals surface area contributed by atoms with Gasteiger partial charge in [-0.1, -0.05) is 18.2 Å². The number of rotatable bonds is 6. The first-order valence-electron chi connectivity index (χ1n) is 9.02. The van der Waals surface area contributed by atoms with Gasteiger partial charge < -0.3 is 4.74 Å². The van der Waals surface area contributed by atoms with Crippen LogP contribution in [0.2, 0.25) is 0 Å². The summed E-state index contributed by atoms with van der Waals surface area (Å²) in [5.74, 6) is -0.710. The van der Waals surface area contributed by atoms with Crippen molar-refractivity contribution in [2.45, 2.75) is 38.7 Å². The molecule has 0 spiro atoms. The van der Waals surface area contributed by atoms with E-state index in [1.807, 2.05) is 32.0 Å². The van der Waals surface area contributed by atoms with Gasteiger partial charge in [0.15, 0.2) is 12.4 Å². The molecule has 2 aromatic carbocycles. The Balaban J connectivity index is 2.09. The highest BCUT2D eigenvalue weighted by molar-refractivity contribution is 7.89. The van der Waals surface area contributed by atoms with Crippen molar-refractivity contribution in [3.05, 3.63) is 70.6 Å². The highest BCUT2D eigenvalue weighted by Gasteiger charge is 2.19. The Morgan fingerprint density at radius 2 is 1.87 bits per heavy atom. The second-order valence-corrected chi connectivity index (χ2v) is 8.40. The van der Waals surface area contributed by atoms with Gasteiger partial charge in [-0.15, -0.1) is 5.10 Å². The lowest BCUT2D eigenvalue weighted by molar-refractivity contribution is -0.142. The minimum absolute atomic E-state index is 0.00483. The van der Waals surface area contributed by atoms with Gasteiger partial charge in [-0.05, 0) is 48.7 Å². The number of hydrogen-bond acceptors (Lipinski definition) is 6. The summed E-state index contributed by atoms with van der Waals surface area (Å²) in [6, 6.07) is 9.17. The van der Waals surface area contributed by atoms with Gasteiger partial charge in [0.05, 0.1) is 4.90 Å². The fourth-order valence-electron chi connectivity index (χ4n) is 3.05. The molecule has 0 aliphatic heterocycles. The van der Waals surface area contributed by atoms with Crippen LogP contribution in [0.4, 0.5) is 4.39 Å². The van der Waals surface area contributed by atoms with Gasteiger partial charge in [-0.25, -0.2) is 27.6 Å². The van der Waals surface area contributed by atoms with E-state index in [0.717, 1.165) is 22.8 Å². The molecule has 0 bridgehead atoms. The maximum atomic E-state index is 14.8. The highest BCUT2D eigenvalue weighted by atomic mass is 32.2. The number of primary sulfonamides is 1. The predicted octanol–water partition coefficient (Wildman–Crippen LogP) is 2.32. The largest absolute Gasteiger partial charge is 0.458 e. The van der Waals surface area contributed by atoms with Crippen molar-refractivity contribution in [3.63, 3.8) is 0 Å². The Labute approximate surface area is 173 Å². The Morgan fingerprint density at radius 3 is 2.43 bits per heavy atom. The molecule has 0 saturated carbocycles. The van der Waals surface area contributed by atoms with Crippen molar-refractivity contribution < 1.29 is 22.3 Å². The van der Waals surface area contributed by atoms with Gasteiger partial charge in [0, 0.05) is 13.3 Å². The molecule has 3 rings (SSSR count). The fraction of sp³-hybridized carbons (Fsp3) is 0.250. The number of halogens is 1. The van der Waals surface area contributed by atoms with E-state index in [1.165, 1.54) is 23.7 Å². The second-order valence-electron chi connectivity index (χ2n) is 6.84. The van der Waals surface area contributed by atoms with Crippen LogP contribution in [0.25, 0.3) is 5.69 Å². The monoisotopic (exact) mass is 432 g/mol.